The van der Waals surface area contributed by atoms with E-state index in [1.54, 1.807) is 30.0 Å². The third-order valence-corrected chi connectivity index (χ3v) is 5.68. The SMILES string of the molecule is CCSC1CCC1(O)CNc1ccc2cc([N+](=O)[O-])ccc2n1. The Morgan fingerprint density at radius 3 is 2.96 bits per heavy atom. The predicted molar refractivity (Wildman–Crippen MR) is 93.0 cm³/mol. The number of benzene rings is 1. The van der Waals surface area contributed by atoms with Crippen molar-refractivity contribution in [2.24, 2.45) is 0 Å². The summed E-state index contributed by atoms with van der Waals surface area (Å²) in [6, 6.07) is 8.20. The van der Waals surface area contributed by atoms with Crippen molar-refractivity contribution in [3.8, 4) is 0 Å². The molecule has 0 saturated heterocycles. The van der Waals surface area contributed by atoms with Crippen LogP contribution >= 0.6 is 11.8 Å². The summed E-state index contributed by atoms with van der Waals surface area (Å²) in [5.74, 6) is 1.67. The minimum absolute atomic E-state index is 0.0585. The Morgan fingerprint density at radius 2 is 2.30 bits per heavy atom. The van der Waals surface area contributed by atoms with Gasteiger partial charge in [0.05, 0.1) is 16.0 Å². The summed E-state index contributed by atoms with van der Waals surface area (Å²) in [5, 5.41) is 25.6. The van der Waals surface area contributed by atoms with Crippen LogP contribution in [0.1, 0.15) is 19.8 Å². The fraction of sp³-hybridized carbons (Fsp3) is 0.438. The van der Waals surface area contributed by atoms with E-state index < -0.39 is 10.5 Å². The second kappa shape index (κ2) is 6.33. The Balaban J connectivity index is 1.71. The Morgan fingerprint density at radius 1 is 1.48 bits per heavy atom. The number of thioether (sulfide) groups is 1. The molecular formula is C16H19N3O3S. The first kappa shape index (κ1) is 16.0. The van der Waals surface area contributed by atoms with Gasteiger partial charge in [-0.2, -0.15) is 11.8 Å². The number of fused-ring (bicyclic) bond motifs is 1. The van der Waals surface area contributed by atoms with E-state index in [4.69, 9.17) is 0 Å². The third-order valence-electron chi connectivity index (χ3n) is 4.27. The molecule has 2 N–H and O–H groups in total. The number of aromatic nitrogens is 1. The van der Waals surface area contributed by atoms with Crippen LogP contribution in [0.2, 0.25) is 0 Å². The van der Waals surface area contributed by atoms with Gasteiger partial charge in [0.1, 0.15) is 5.82 Å². The van der Waals surface area contributed by atoms with Crippen molar-refractivity contribution in [3.63, 3.8) is 0 Å². The van der Waals surface area contributed by atoms with Crippen molar-refractivity contribution < 1.29 is 10.0 Å². The summed E-state index contributed by atoms with van der Waals surface area (Å²) in [6.07, 6.45) is 1.85. The quantitative estimate of drug-likeness (QED) is 0.623. The molecule has 1 aliphatic carbocycles. The summed E-state index contributed by atoms with van der Waals surface area (Å²) in [7, 11) is 0. The highest BCUT2D eigenvalue weighted by molar-refractivity contribution is 8.00. The minimum atomic E-state index is -0.674. The minimum Gasteiger partial charge on any atom is -0.387 e. The fourth-order valence-corrected chi connectivity index (χ4v) is 4.00. The summed E-state index contributed by atoms with van der Waals surface area (Å²) >= 11 is 1.79. The topological polar surface area (TPSA) is 88.3 Å². The van der Waals surface area contributed by atoms with Gasteiger partial charge in [-0.25, -0.2) is 4.98 Å². The lowest BCUT2D eigenvalue weighted by Crippen LogP contribution is -2.54. The number of aliphatic hydroxyl groups is 1. The van der Waals surface area contributed by atoms with Gasteiger partial charge in [-0.05, 0) is 36.8 Å². The second-order valence-corrected chi connectivity index (χ2v) is 7.25. The largest absolute Gasteiger partial charge is 0.387 e. The summed E-state index contributed by atoms with van der Waals surface area (Å²) in [4.78, 5) is 14.8. The molecule has 2 atom stereocenters. The van der Waals surface area contributed by atoms with Crippen LogP contribution in [0.25, 0.3) is 10.9 Å². The molecule has 7 heteroatoms. The summed E-state index contributed by atoms with van der Waals surface area (Å²) < 4.78 is 0. The van der Waals surface area contributed by atoms with E-state index >= 15 is 0 Å². The molecule has 23 heavy (non-hydrogen) atoms. The van der Waals surface area contributed by atoms with Crippen LogP contribution in [0, 0.1) is 10.1 Å². The van der Waals surface area contributed by atoms with E-state index in [1.165, 1.54) is 12.1 Å². The highest BCUT2D eigenvalue weighted by Crippen LogP contribution is 2.41. The molecule has 0 bridgehead atoms. The Bertz CT molecular complexity index is 740. The number of nitrogens with zero attached hydrogens (tertiary/aromatic N) is 2. The van der Waals surface area contributed by atoms with Gasteiger partial charge in [0, 0.05) is 29.3 Å². The number of non-ortho nitro benzene ring substituents is 1. The molecule has 122 valence electrons. The zero-order chi connectivity index (χ0) is 16.4. The van der Waals surface area contributed by atoms with E-state index in [2.05, 4.69) is 17.2 Å². The van der Waals surface area contributed by atoms with Crippen molar-refractivity contribution in [1.82, 2.24) is 4.98 Å². The van der Waals surface area contributed by atoms with Gasteiger partial charge in [-0.3, -0.25) is 10.1 Å². The van der Waals surface area contributed by atoms with E-state index in [-0.39, 0.29) is 10.9 Å². The normalized spacial score (nSPS) is 23.5. The van der Waals surface area contributed by atoms with Gasteiger partial charge in [0.25, 0.3) is 5.69 Å². The highest BCUT2D eigenvalue weighted by atomic mass is 32.2. The van der Waals surface area contributed by atoms with E-state index in [1.807, 2.05) is 0 Å². The molecule has 0 radical (unpaired) electrons. The Hall–Kier alpha value is -1.86. The van der Waals surface area contributed by atoms with Gasteiger partial charge in [-0.1, -0.05) is 6.92 Å². The van der Waals surface area contributed by atoms with Crippen LogP contribution in [0.4, 0.5) is 11.5 Å². The van der Waals surface area contributed by atoms with Crippen molar-refractivity contribution in [1.29, 1.82) is 0 Å². The molecule has 1 aromatic carbocycles. The van der Waals surface area contributed by atoms with Gasteiger partial charge in [0.15, 0.2) is 0 Å². The van der Waals surface area contributed by atoms with Crippen LogP contribution in [-0.4, -0.2) is 38.2 Å². The van der Waals surface area contributed by atoms with Crippen molar-refractivity contribution in [2.45, 2.75) is 30.6 Å². The van der Waals surface area contributed by atoms with Crippen LogP contribution < -0.4 is 5.32 Å². The molecule has 6 nitrogen and oxygen atoms in total. The lowest BCUT2D eigenvalue weighted by molar-refractivity contribution is -0.384. The maximum absolute atomic E-state index is 10.8. The average molecular weight is 333 g/mol. The molecule has 1 aliphatic rings. The number of pyridine rings is 1. The molecule has 2 aromatic rings. The standard InChI is InChI=1S/C16H19N3O3S/c1-2-23-14-7-8-16(14,20)10-17-15-6-3-11-9-12(19(21)22)4-5-13(11)18-15/h3-6,9,14,20H,2,7-8,10H2,1H3,(H,17,18). The highest BCUT2D eigenvalue weighted by Gasteiger charge is 2.44. The second-order valence-electron chi connectivity index (χ2n) is 5.77. The molecule has 2 unspecified atom stereocenters. The number of anilines is 1. The first-order chi connectivity index (χ1) is 11.0. The first-order valence-electron chi connectivity index (χ1n) is 7.65. The molecule has 0 amide bonds. The molecule has 0 aliphatic heterocycles. The molecule has 3 rings (SSSR count). The summed E-state index contributed by atoms with van der Waals surface area (Å²) in [6.45, 7) is 2.57. The number of nitro groups is 1. The van der Waals surface area contributed by atoms with Crippen LogP contribution in [0.15, 0.2) is 30.3 Å². The van der Waals surface area contributed by atoms with Crippen LogP contribution in [-0.2, 0) is 0 Å². The molecular weight excluding hydrogens is 314 g/mol. The number of nitro benzene ring substituents is 1. The summed E-state index contributed by atoms with van der Waals surface area (Å²) in [5.41, 5.74) is 0.0798. The predicted octanol–water partition coefficient (Wildman–Crippen LogP) is 3.20. The zero-order valence-corrected chi connectivity index (χ0v) is 13.7. The number of hydrogen-bond donors (Lipinski definition) is 2. The third kappa shape index (κ3) is 3.25. The van der Waals surface area contributed by atoms with Gasteiger partial charge >= 0.3 is 0 Å². The molecule has 1 heterocycles. The van der Waals surface area contributed by atoms with Crippen LogP contribution in [0.3, 0.4) is 0 Å². The van der Waals surface area contributed by atoms with Crippen molar-refractivity contribution in [3.05, 3.63) is 40.4 Å². The van der Waals surface area contributed by atoms with Gasteiger partial charge in [-0.15, -0.1) is 0 Å². The molecule has 1 saturated carbocycles. The first-order valence-corrected chi connectivity index (χ1v) is 8.70. The molecule has 1 fully saturated rings. The molecule has 1 aromatic heterocycles. The van der Waals surface area contributed by atoms with E-state index in [0.29, 0.717) is 17.9 Å². The maximum atomic E-state index is 10.8. The lowest BCUT2D eigenvalue weighted by Gasteiger charge is -2.45. The lowest BCUT2D eigenvalue weighted by atomic mass is 9.79. The monoisotopic (exact) mass is 333 g/mol. The van der Waals surface area contributed by atoms with E-state index in [0.717, 1.165) is 24.0 Å². The van der Waals surface area contributed by atoms with E-state index in [9.17, 15) is 15.2 Å². The fourth-order valence-electron chi connectivity index (χ4n) is 2.81. The molecule has 0 spiro atoms. The smallest absolute Gasteiger partial charge is 0.270 e. The average Bonchev–Trinajstić information content (AvgIpc) is 2.55. The van der Waals surface area contributed by atoms with Crippen molar-refractivity contribution in [2.75, 3.05) is 17.6 Å². The van der Waals surface area contributed by atoms with Crippen LogP contribution in [0.5, 0.6) is 0 Å². The Labute approximate surface area is 138 Å². The number of rotatable bonds is 6. The number of hydrogen-bond acceptors (Lipinski definition) is 6. The maximum Gasteiger partial charge on any atom is 0.270 e. The van der Waals surface area contributed by atoms with Gasteiger partial charge in [0.2, 0.25) is 0 Å². The number of nitrogens with one attached hydrogen (secondary N) is 1. The Kier molecular flexibility index (Phi) is 4.41. The zero-order valence-electron chi connectivity index (χ0n) is 12.9. The van der Waals surface area contributed by atoms with Gasteiger partial charge < -0.3 is 10.4 Å². The van der Waals surface area contributed by atoms with Crippen molar-refractivity contribution >= 4 is 34.2 Å².